The van der Waals surface area contributed by atoms with Crippen LogP contribution in [-0.4, -0.2) is 19.8 Å². The van der Waals surface area contributed by atoms with Gasteiger partial charge in [0.25, 0.3) is 0 Å². The summed E-state index contributed by atoms with van der Waals surface area (Å²) in [6.07, 6.45) is 1.16. The lowest BCUT2D eigenvalue weighted by atomic mass is 10.2. The minimum atomic E-state index is -3.19. The normalized spacial score (nSPS) is 11.5. The third-order valence-electron chi connectivity index (χ3n) is 3.04. The van der Waals surface area contributed by atoms with Crippen molar-refractivity contribution in [3.63, 3.8) is 0 Å². The van der Waals surface area contributed by atoms with E-state index in [1.807, 2.05) is 0 Å². The lowest BCUT2D eigenvalue weighted by molar-refractivity contribution is 0.461. The Morgan fingerprint density at radius 2 is 1.76 bits per heavy atom. The molecule has 0 saturated heterocycles. The minimum absolute atomic E-state index is 0.0383. The van der Waals surface area contributed by atoms with E-state index in [0.717, 1.165) is 11.8 Å². The predicted molar refractivity (Wildman–Crippen MR) is 78.2 cm³/mol. The van der Waals surface area contributed by atoms with Crippen molar-refractivity contribution in [3.05, 3.63) is 59.4 Å². The fourth-order valence-corrected chi connectivity index (χ4v) is 2.52. The van der Waals surface area contributed by atoms with E-state index >= 15 is 0 Å². The molecule has 0 aliphatic carbocycles. The Hall–Kier alpha value is -1.92. The zero-order valence-corrected chi connectivity index (χ0v) is 12.3. The Morgan fingerprint density at radius 1 is 1.10 bits per heavy atom. The summed E-state index contributed by atoms with van der Waals surface area (Å²) < 4.78 is 35.7. The molecule has 4 nitrogen and oxygen atoms in total. The number of phenolic OH excluding ortho intramolecular Hbond substituents is 1. The van der Waals surface area contributed by atoms with Gasteiger partial charge in [-0.05, 0) is 35.9 Å². The molecular weight excluding hydrogens is 293 g/mol. The third-order valence-corrected chi connectivity index (χ3v) is 4.17. The van der Waals surface area contributed by atoms with Gasteiger partial charge in [0.15, 0.2) is 9.84 Å². The summed E-state index contributed by atoms with van der Waals surface area (Å²) in [5, 5.41) is 12.7. The van der Waals surface area contributed by atoms with Gasteiger partial charge in [-0.1, -0.05) is 12.1 Å². The fourth-order valence-electron chi connectivity index (χ4n) is 1.89. The molecule has 0 saturated carbocycles. The number of benzene rings is 2. The Morgan fingerprint density at radius 3 is 2.38 bits per heavy atom. The van der Waals surface area contributed by atoms with Gasteiger partial charge in [0, 0.05) is 24.9 Å². The Balaban J connectivity index is 1.96. The van der Waals surface area contributed by atoms with Gasteiger partial charge in [0.1, 0.15) is 11.6 Å². The summed E-state index contributed by atoms with van der Waals surface area (Å²) in [5.41, 5.74) is 1.38. The first kappa shape index (κ1) is 15.5. The summed E-state index contributed by atoms with van der Waals surface area (Å²) in [7, 11) is -3.19. The molecule has 0 spiro atoms. The molecule has 0 radical (unpaired) electrons. The molecule has 2 rings (SSSR count). The topological polar surface area (TPSA) is 66.4 Å². The minimum Gasteiger partial charge on any atom is -0.508 e. The van der Waals surface area contributed by atoms with Crippen LogP contribution in [0.2, 0.25) is 0 Å². The third kappa shape index (κ3) is 4.27. The molecule has 0 fully saturated rings. The van der Waals surface area contributed by atoms with Crippen LogP contribution in [0.15, 0.2) is 47.4 Å². The first-order valence-electron chi connectivity index (χ1n) is 6.33. The Labute approximate surface area is 123 Å². The van der Waals surface area contributed by atoms with Crippen LogP contribution in [0, 0.1) is 5.82 Å². The summed E-state index contributed by atoms with van der Waals surface area (Å²) in [6, 6.07) is 10.3. The largest absolute Gasteiger partial charge is 0.508 e. The second-order valence-corrected chi connectivity index (χ2v) is 6.81. The number of hydrogen-bond donors (Lipinski definition) is 2. The number of nitrogens with one attached hydrogen (secondary N) is 1. The zero-order valence-electron chi connectivity index (χ0n) is 11.5. The predicted octanol–water partition coefficient (Wildman–Crippen LogP) is 2.22. The van der Waals surface area contributed by atoms with Gasteiger partial charge in [-0.15, -0.1) is 0 Å². The maximum Gasteiger partial charge on any atom is 0.175 e. The highest BCUT2D eigenvalue weighted by molar-refractivity contribution is 7.90. The van der Waals surface area contributed by atoms with Crippen molar-refractivity contribution in [1.82, 2.24) is 5.32 Å². The molecule has 0 bridgehead atoms. The second kappa shape index (κ2) is 6.24. The highest BCUT2D eigenvalue weighted by Gasteiger charge is 2.06. The van der Waals surface area contributed by atoms with Crippen LogP contribution in [0.4, 0.5) is 4.39 Å². The second-order valence-electron chi connectivity index (χ2n) is 4.79. The number of phenols is 1. The monoisotopic (exact) mass is 309 g/mol. The van der Waals surface area contributed by atoms with Crippen molar-refractivity contribution in [2.75, 3.05) is 6.26 Å². The van der Waals surface area contributed by atoms with Crippen molar-refractivity contribution in [3.8, 4) is 5.75 Å². The van der Waals surface area contributed by atoms with E-state index in [1.54, 1.807) is 24.3 Å². The molecule has 2 aromatic carbocycles. The molecule has 2 N–H and O–H groups in total. The van der Waals surface area contributed by atoms with Gasteiger partial charge in [0.2, 0.25) is 0 Å². The number of hydrogen-bond acceptors (Lipinski definition) is 4. The van der Waals surface area contributed by atoms with Crippen LogP contribution >= 0.6 is 0 Å². The maximum absolute atomic E-state index is 13.1. The van der Waals surface area contributed by atoms with Crippen LogP contribution in [0.5, 0.6) is 5.75 Å². The molecule has 0 amide bonds. The lowest BCUT2D eigenvalue weighted by Gasteiger charge is -2.08. The van der Waals surface area contributed by atoms with Crippen molar-refractivity contribution in [2.45, 2.75) is 18.0 Å². The fraction of sp³-hybridized carbons (Fsp3) is 0.200. The number of sulfone groups is 1. The zero-order chi connectivity index (χ0) is 15.5. The summed E-state index contributed by atoms with van der Waals surface area (Å²) in [5.74, 6) is -0.363. The van der Waals surface area contributed by atoms with E-state index in [-0.39, 0.29) is 10.6 Å². The van der Waals surface area contributed by atoms with E-state index in [0.29, 0.717) is 18.7 Å². The first-order valence-corrected chi connectivity index (χ1v) is 8.22. The number of aromatic hydroxyl groups is 1. The summed E-state index contributed by atoms with van der Waals surface area (Å²) in [4.78, 5) is 0.272. The molecule has 0 aliphatic rings. The first-order chi connectivity index (χ1) is 9.86. The van der Waals surface area contributed by atoms with Gasteiger partial charge >= 0.3 is 0 Å². The van der Waals surface area contributed by atoms with Crippen molar-refractivity contribution < 1.29 is 17.9 Å². The molecule has 2 aromatic rings. The quantitative estimate of drug-likeness (QED) is 0.889. The maximum atomic E-state index is 13.1. The van der Waals surface area contributed by atoms with Gasteiger partial charge < -0.3 is 10.4 Å². The molecule has 0 atom stereocenters. The van der Waals surface area contributed by atoms with Crippen LogP contribution < -0.4 is 5.32 Å². The van der Waals surface area contributed by atoms with E-state index in [9.17, 15) is 17.9 Å². The van der Waals surface area contributed by atoms with Crippen molar-refractivity contribution in [2.24, 2.45) is 0 Å². The highest BCUT2D eigenvalue weighted by Crippen LogP contribution is 2.17. The SMILES string of the molecule is CS(=O)(=O)c1ccc(CNCc2cc(F)ccc2O)cc1. The van der Waals surface area contributed by atoms with Crippen molar-refractivity contribution in [1.29, 1.82) is 0 Å². The summed E-state index contributed by atoms with van der Waals surface area (Å²) >= 11 is 0. The number of rotatable bonds is 5. The van der Waals surface area contributed by atoms with E-state index < -0.39 is 15.7 Å². The molecule has 0 aliphatic heterocycles. The molecule has 0 heterocycles. The number of halogens is 1. The molecule has 0 unspecified atom stereocenters. The van der Waals surface area contributed by atoms with E-state index in [4.69, 9.17) is 0 Å². The van der Waals surface area contributed by atoms with Crippen LogP contribution in [-0.2, 0) is 22.9 Å². The standard InChI is InChI=1S/C15H16FNO3S/c1-21(19,20)14-5-2-11(3-6-14)9-17-10-12-8-13(16)4-7-15(12)18/h2-8,17-18H,9-10H2,1H3. The lowest BCUT2D eigenvalue weighted by Crippen LogP contribution is -2.13. The van der Waals surface area contributed by atoms with Gasteiger partial charge in [-0.3, -0.25) is 0 Å². The van der Waals surface area contributed by atoms with E-state index in [2.05, 4.69) is 5.32 Å². The van der Waals surface area contributed by atoms with E-state index in [1.165, 1.54) is 18.2 Å². The van der Waals surface area contributed by atoms with Crippen LogP contribution in [0.25, 0.3) is 0 Å². The Kier molecular flexibility index (Phi) is 4.59. The highest BCUT2D eigenvalue weighted by atomic mass is 32.2. The molecule has 21 heavy (non-hydrogen) atoms. The molecule has 112 valence electrons. The Bertz CT molecular complexity index is 727. The molecule has 0 aromatic heterocycles. The molecule has 6 heteroatoms. The van der Waals surface area contributed by atoms with Gasteiger partial charge in [-0.2, -0.15) is 0 Å². The average molecular weight is 309 g/mol. The van der Waals surface area contributed by atoms with Gasteiger partial charge in [-0.25, -0.2) is 12.8 Å². The van der Waals surface area contributed by atoms with Crippen molar-refractivity contribution >= 4 is 9.84 Å². The van der Waals surface area contributed by atoms with Crippen LogP contribution in [0.3, 0.4) is 0 Å². The van der Waals surface area contributed by atoms with Crippen LogP contribution in [0.1, 0.15) is 11.1 Å². The summed E-state index contributed by atoms with van der Waals surface area (Å²) in [6.45, 7) is 0.803. The average Bonchev–Trinajstić information content (AvgIpc) is 2.42. The smallest absolute Gasteiger partial charge is 0.175 e. The van der Waals surface area contributed by atoms with Gasteiger partial charge in [0.05, 0.1) is 4.90 Å². The molecular formula is C15H16FNO3S.